The summed E-state index contributed by atoms with van der Waals surface area (Å²) in [6.45, 7) is 10.5. The molecule has 4 rings (SSSR count). The summed E-state index contributed by atoms with van der Waals surface area (Å²) in [7, 11) is 0. The topological polar surface area (TPSA) is 46.5 Å². The molecule has 0 radical (unpaired) electrons. The van der Waals surface area contributed by atoms with Crippen molar-refractivity contribution in [2.75, 3.05) is 0 Å². The summed E-state index contributed by atoms with van der Waals surface area (Å²) in [4.78, 5) is 13.3. The number of carbonyl (C=O) groups excluding carboxylic acids is 1. The van der Waals surface area contributed by atoms with E-state index in [4.69, 9.17) is 4.74 Å². The van der Waals surface area contributed by atoms with Crippen LogP contribution in [0, 0.1) is 5.92 Å². The molecule has 2 unspecified atom stereocenters. The molecule has 0 aromatic heterocycles. The predicted molar refractivity (Wildman–Crippen MR) is 140 cm³/mol. The van der Waals surface area contributed by atoms with E-state index in [1.807, 2.05) is 55.5 Å². The number of fused-ring (bicyclic) bond motifs is 1. The fourth-order valence-electron chi connectivity index (χ4n) is 4.99. The summed E-state index contributed by atoms with van der Waals surface area (Å²) >= 11 is 0. The van der Waals surface area contributed by atoms with Crippen LogP contribution in [-0.4, -0.2) is 11.1 Å². The number of hydrogen-bond acceptors (Lipinski definition) is 3. The van der Waals surface area contributed by atoms with E-state index in [2.05, 4.69) is 26.5 Å². The molecule has 0 heterocycles. The number of aromatic hydroxyl groups is 1. The lowest BCUT2D eigenvalue weighted by Gasteiger charge is -2.32. The van der Waals surface area contributed by atoms with Crippen molar-refractivity contribution in [2.24, 2.45) is 5.92 Å². The first kappa shape index (κ1) is 23.8. The van der Waals surface area contributed by atoms with Crippen LogP contribution in [0.5, 0.6) is 11.5 Å². The number of benzene rings is 3. The number of aryl methyl sites for hydroxylation is 1. The zero-order valence-electron chi connectivity index (χ0n) is 20.4. The van der Waals surface area contributed by atoms with Gasteiger partial charge in [0.1, 0.15) is 11.5 Å². The van der Waals surface area contributed by atoms with Gasteiger partial charge in [-0.1, -0.05) is 67.5 Å². The molecule has 0 amide bonds. The summed E-state index contributed by atoms with van der Waals surface area (Å²) < 4.78 is 6.04. The molecule has 0 fully saturated rings. The van der Waals surface area contributed by atoms with E-state index in [0.29, 0.717) is 16.9 Å². The van der Waals surface area contributed by atoms with Gasteiger partial charge in [0.2, 0.25) is 0 Å². The first-order chi connectivity index (χ1) is 16.4. The molecular weight excluding hydrogens is 420 g/mol. The van der Waals surface area contributed by atoms with Gasteiger partial charge in [-0.2, -0.15) is 0 Å². The average Bonchev–Trinajstić information content (AvgIpc) is 2.82. The quantitative estimate of drug-likeness (QED) is 0.223. The van der Waals surface area contributed by atoms with Crippen LogP contribution < -0.4 is 4.74 Å². The van der Waals surface area contributed by atoms with Crippen molar-refractivity contribution in [1.29, 1.82) is 0 Å². The molecule has 3 aromatic rings. The molecular formula is C31H34O3. The number of ether oxygens (including phenoxy) is 1. The highest BCUT2D eigenvalue weighted by atomic mass is 16.5. The molecule has 3 heteroatoms. The molecule has 0 aliphatic heterocycles. The van der Waals surface area contributed by atoms with Gasteiger partial charge in [-0.25, -0.2) is 4.79 Å². The van der Waals surface area contributed by atoms with Gasteiger partial charge in [-0.3, -0.25) is 0 Å². The van der Waals surface area contributed by atoms with E-state index >= 15 is 0 Å². The maximum atomic E-state index is 13.3. The molecule has 176 valence electrons. The van der Waals surface area contributed by atoms with E-state index < -0.39 is 5.97 Å². The molecule has 0 saturated heterocycles. The lowest BCUT2D eigenvalue weighted by Crippen LogP contribution is -2.19. The number of carbonyl (C=O) groups is 1. The normalized spacial score (nSPS) is 17.9. The molecule has 2 atom stereocenters. The molecule has 1 aliphatic rings. The Kier molecular flexibility index (Phi) is 7.21. The highest BCUT2D eigenvalue weighted by Crippen LogP contribution is 2.47. The van der Waals surface area contributed by atoms with Crippen LogP contribution in [0.4, 0.5) is 0 Å². The lowest BCUT2D eigenvalue weighted by atomic mass is 9.73. The van der Waals surface area contributed by atoms with Crippen LogP contribution in [-0.2, 0) is 6.42 Å². The van der Waals surface area contributed by atoms with Crippen molar-refractivity contribution in [2.45, 2.75) is 58.8 Å². The number of hydrogen-bond donors (Lipinski definition) is 1. The van der Waals surface area contributed by atoms with E-state index in [0.717, 1.165) is 54.0 Å². The van der Waals surface area contributed by atoms with Crippen molar-refractivity contribution in [3.8, 4) is 11.5 Å². The van der Waals surface area contributed by atoms with E-state index in [9.17, 15) is 9.90 Å². The lowest BCUT2D eigenvalue weighted by molar-refractivity contribution is 0.0732. The minimum Gasteiger partial charge on any atom is -0.507 e. The Morgan fingerprint density at radius 3 is 2.62 bits per heavy atom. The Balaban J connectivity index is 1.76. The summed E-state index contributed by atoms with van der Waals surface area (Å²) in [6.07, 6.45) is 7.07. The van der Waals surface area contributed by atoms with Gasteiger partial charge in [0.15, 0.2) is 0 Å². The summed E-state index contributed by atoms with van der Waals surface area (Å²) in [6, 6.07) is 17.3. The molecule has 0 bridgehead atoms. The first-order valence-electron chi connectivity index (χ1n) is 12.3. The van der Waals surface area contributed by atoms with Gasteiger partial charge in [0, 0.05) is 11.5 Å². The minimum absolute atomic E-state index is 0.0779. The van der Waals surface area contributed by atoms with Crippen LogP contribution in [0.3, 0.4) is 0 Å². The molecule has 34 heavy (non-hydrogen) atoms. The van der Waals surface area contributed by atoms with Crippen molar-refractivity contribution < 1.29 is 14.6 Å². The smallest absolute Gasteiger partial charge is 0.343 e. The second-order valence-electron chi connectivity index (χ2n) is 9.61. The Labute approximate surface area is 202 Å². The van der Waals surface area contributed by atoms with Crippen LogP contribution in [0.2, 0.25) is 0 Å². The van der Waals surface area contributed by atoms with E-state index in [1.54, 1.807) is 6.07 Å². The molecule has 0 saturated carbocycles. The second-order valence-corrected chi connectivity index (χ2v) is 9.61. The molecule has 1 N–H and O–H groups in total. The Bertz CT molecular complexity index is 1250. The van der Waals surface area contributed by atoms with E-state index in [-0.39, 0.29) is 17.6 Å². The summed E-state index contributed by atoms with van der Waals surface area (Å²) in [5.74, 6) is 0.339. The Hall–Kier alpha value is -3.33. The van der Waals surface area contributed by atoms with Crippen LogP contribution >= 0.6 is 0 Å². The van der Waals surface area contributed by atoms with E-state index in [1.165, 1.54) is 5.57 Å². The average molecular weight is 455 g/mol. The van der Waals surface area contributed by atoms with Crippen LogP contribution in [0.1, 0.15) is 73.9 Å². The SMILES string of the molecule is C=C(C)C1CCC(C)=CC1c1c(O)cc(CCCC)cc1OC(=O)c1ccc2ccccc2c1. The van der Waals surface area contributed by atoms with Crippen molar-refractivity contribution in [3.63, 3.8) is 0 Å². The third-order valence-electron chi connectivity index (χ3n) is 6.90. The molecule has 3 nitrogen and oxygen atoms in total. The zero-order chi connectivity index (χ0) is 24.2. The van der Waals surface area contributed by atoms with Gasteiger partial charge in [0.25, 0.3) is 0 Å². The maximum absolute atomic E-state index is 13.3. The predicted octanol–water partition coefficient (Wildman–Crippen LogP) is 8.12. The van der Waals surface area contributed by atoms with Gasteiger partial charge < -0.3 is 9.84 Å². The van der Waals surface area contributed by atoms with Crippen molar-refractivity contribution >= 4 is 16.7 Å². The molecule has 3 aromatic carbocycles. The molecule has 0 spiro atoms. The molecule has 1 aliphatic carbocycles. The van der Waals surface area contributed by atoms with Crippen molar-refractivity contribution in [1.82, 2.24) is 0 Å². The summed E-state index contributed by atoms with van der Waals surface area (Å²) in [5, 5.41) is 13.2. The number of rotatable bonds is 7. The van der Waals surface area contributed by atoms with Crippen LogP contribution in [0.25, 0.3) is 10.8 Å². The fourth-order valence-corrected chi connectivity index (χ4v) is 4.99. The highest BCUT2D eigenvalue weighted by Gasteiger charge is 2.31. The Morgan fingerprint density at radius 2 is 1.88 bits per heavy atom. The number of phenols is 1. The number of unbranched alkanes of at least 4 members (excludes halogenated alkanes) is 1. The maximum Gasteiger partial charge on any atom is 0.343 e. The monoisotopic (exact) mass is 454 g/mol. The van der Waals surface area contributed by atoms with Crippen molar-refractivity contribution in [3.05, 3.63) is 95.1 Å². The highest BCUT2D eigenvalue weighted by molar-refractivity contribution is 5.96. The number of esters is 1. The third kappa shape index (κ3) is 5.09. The van der Waals surface area contributed by atoms with Gasteiger partial charge in [0.05, 0.1) is 5.56 Å². The van der Waals surface area contributed by atoms with Crippen LogP contribution in [0.15, 0.2) is 78.4 Å². The fraction of sp³-hybridized carbons (Fsp3) is 0.323. The Morgan fingerprint density at radius 1 is 1.12 bits per heavy atom. The van der Waals surface area contributed by atoms with Gasteiger partial charge >= 0.3 is 5.97 Å². The number of phenolic OH excluding ortho intramolecular Hbond substituents is 1. The standard InChI is InChI=1S/C31H34O3/c1-5-6-9-22-17-28(32)30(27-16-21(4)12-15-26(27)20(2)3)29(18-22)34-31(33)25-14-13-23-10-7-8-11-24(23)19-25/h7-8,10-11,13-14,16-19,26-27,32H,2,5-6,9,12,15H2,1,3-4H3. The minimum atomic E-state index is -0.414. The second kappa shape index (κ2) is 10.3. The van der Waals surface area contributed by atoms with Gasteiger partial charge in [-0.05, 0) is 86.1 Å². The largest absolute Gasteiger partial charge is 0.507 e. The number of allylic oxidation sites excluding steroid dienone is 3. The zero-order valence-corrected chi connectivity index (χ0v) is 20.4. The first-order valence-corrected chi connectivity index (χ1v) is 12.3. The van der Waals surface area contributed by atoms with Gasteiger partial charge in [-0.15, -0.1) is 0 Å². The summed E-state index contributed by atoms with van der Waals surface area (Å²) in [5.41, 5.74) is 4.52. The third-order valence-corrected chi connectivity index (χ3v) is 6.90.